The Morgan fingerprint density at radius 2 is 1.83 bits per heavy atom. The predicted molar refractivity (Wildman–Crippen MR) is 144 cm³/mol. The number of hydrogen-bond acceptors (Lipinski definition) is 6. The monoisotopic (exact) mass is 594 g/mol. The third-order valence-electron chi connectivity index (χ3n) is 5.21. The third-order valence-corrected chi connectivity index (χ3v) is 6.81. The van der Waals surface area contributed by atoms with Crippen molar-refractivity contribution in [2.75, 3.05) is 19.6 Å². The summed E-state index contributed by atoms with van der Waals surface area (Å²) >= 11 is 21.5. The first kappa shape index (κ1) is 25.4. The van der Waals surface area contributed by atoms with Gasteiger partial charge in [0, 0.05) is 25.6 Å². The summed E-state index contributed by atoms with van der Waals surface area (Å²) in [4.78, 5) is 0. The highest BCUT2D eigenvalue weighted by Crippen LogP contribution is 2.38. The maximum Gasteiger partial charge on any atom is 0.214 e. The maximum atomic E-state index is 6.33. The molecule has 0 saturated heterocycles. The van der Waals surface area contributed by atoms with E-state index in [9.17, 15) is 0 Å². The number of hydrogen-bond donors (Lipinski definition) is 2. The first-order valence-corrected chi connectivity index (χ1v) is 12.4. The molecule has 3 aromatic carbocycles. The summed E-state index contributed by atoms with van der Waals surface area (Å²) < 4.78 is 20.2. The lowest BCUT2D eigenvalue weighted by Crippen LogP contribution is -2.17. The molecule has 0 aliphatic rings. The van der Waals surface area contributed by atoms with Crippen LogP contribution in [0.1, 0.15) is 11.1 Å². The molecule has 0 saturated carbocycles. The predicted octanol–water partition coefficient (Wildman–Crippen LogP) is 7.02. The van der Waals surface area contributed by atoms with Crippen molar-refractivity contribution in [3.05, 3.63) is 85.0 Å². The fourth-order valence-corrected chi connectivity index (χ4v) is 4.58. The zero-order valence-corrected chi connectivity index (χ0v) is 22.7. The lowest BCUT2D eigenvalue weighted by Gasteiger charge is -2.19. The van der Waals surface area contributed by atoms with Crippen LogP contribution in [0.15, 0.2) is 59.1 Å². The van der Waals surface area contributed by atoms with Crippen molar-refractivity contribution in [1.29, 1.82) is 0 Å². The van der Waals surface area contributed by atoms with Crippen LogP contribution in [0.25, 0.3) is 11.4 Å². The summed E-state index contributed by atoms with van der Waals surface area (Å²) in [6, 6.07) is 16.6. The van der Waals surface area contributed by atoms with Gasteiger partial charge in [-0.25, -0.2) is 9.77 Å². The van der Waals surface area contributed by atoms with Gasteiger partial charge < -0.3 is 19.6 Å². The molecule has 7 nitrogen and oxygen atoms in total. The summed E-state index contributed by atoms with van der Waals surface area (Å²) in [6.07, 6.45) is 0. The van der Waals surface area contributed by atoms with Gasteiger partial charge in [0.15, 0.2) is 17.3 Å². The molecule has 0 radical (unpaired) electrons. The van der Waals surface area contributed by atoms with Crippen LogP contribution in [0.4, 0.5) is 0 Å². The molecule has 0 aliphatic carbocycles. The number of nitrogens with one attached hydrogen (secondary N) is 2. The van der Waals surface area contributed by atoms with Crippen LogP contribution in [0.5, 0.6) is 17.2 Å². The van der Waals surface area contributed by atoms with Gasteiger partial charge in [-0.15, -0.1) is 0 Å². The molecule has 0 unspecified atom stereocenters. The Hall–Kier alpha value is -2.72. The van der Waals surface area contributed by atoms with Crippen molar-refractivity contribution in [2.45, 2.75) is 13.2 Å². The summed E-state index contributed by atoms with van der Waals surface area (Å²) in [7, 11) is 3.20. The molecule has 11 heteroatoms. The van der Waals surface area contributed by atoms with Crippen LogP contribution < -0.4 is 19.6 Å². The molecule has 0 aliphatic heterocycles. The van der Waals surface area contributed by atoms with E-state index in [1.807, 2.05) is 42.5 Å². The molecule has 0 fully saturated rings. The van der Waals surface area contributed by atoms with Crippen LogP contribution in [-0.4, -0.2) is 29.1 Å². The number of ether oxygens (including phenoxy) is 3. The van der Waals surface area contributed by atoms with E-state index in [1.54, 1.807) is 31.0 Å². The fraction of sp³-hybridized carbons (Fsp3) is 0.167. The van der Waals surface area contributed by atoms with E-state index in [2.05, 4.69) is 31.6 Å². The second-order valence-corrected chi connectivity index (χ2v) is 9.39. The Morgan fingerprint density at radius 3 is 2.57 bits per heavy atom. The Labute approximate surface area is 226 Å². The summed E-state index contributed by atoms with van der Waals surface area (Å²) in [6.45, 7) is 0.574. The summed E-state index contributed by atoms with van der Waals surface area (Å²) in [5.74, 6) is 2.41. The second-order valence-electron chi connectivity index (χ2n) is 7.30. The number of nitrogens with zero attached hydrogens (tertiary/aromatic N) is 2. The number of H-pyrrole nitrogens is 1. The van der Waals surface area contributed by atoms with Gasteiger partial charge in [0.25, 0.3) is 0 Å². The second kappa shape index (κ2) is 11.3. The summed E-state index contributed by atoms with van der Waals surface area (Å²) in [5.41, 5.74) is 5.74. The Balaban J connectivity index is 1.64. The largest absolute Gasteiger partial charge is 0.496 e. The van der Waals surface area contributed by atoms with Gasteiger partial charge in [-0.2, -0.15) is 5.10 Å². The van der Waals surface area contributed by atoms with Crippen molar-refractivity contribution in [3.63, 3.8) is 0 Å². The minimum absolute atomic E-state index is 0.230. The molecule has 4 rings (SSSR count). The van der Waals surface area contributed by atoms with Crippen molar-refractivity contribution < 1.29 is 14.2 Å². The molecule has 1 heterocycles. The van der Waals surface area contributed by atoms with Crippen molar-refractivity contribution in [2.24, 2.45) is 0 Å². The normalized spacial score (nSPS) is 10.8. The van der Waals surface area contributed by atoms with Gasteiger partial charge in [0.1, 0.15) is 12.4 Å². The number of aromatic amines is 1. The van der Waals surface area contributed by atoms with E-state index in [-0.39, 0.29) is 6.61 Å². The molecule has 1 aromatic heterocycles. The molecule has 0 spiro atoms. The highest BCUT2D eigenvalue weighted by atomic mass is 79.9. The number of benzene rings is 3. The van der Waals surface area contributed by atoms with Crippen LogP contribution in [-0.2, 0) is 13.2 Å². The standard InChI is InChI=1S/C24H21BrCl2N4O3S/c1-32-20-6-4-3-5-16(20)23-29-30-24(35)31(23)28-12-17-18(25)9-10-21(33-2)22(17)34-13-14-7-8-15(26)11-19(14)27/h3-11,28H,12-13H2,1-2H3,(H,30,35). The third kappa shape index (κ3) is 5.59. The number of methoxy groups -OCH3 is 2. The zero-order valence-electron chi connectivity index (χ0n) is 18.8. The quantitative estimate of drug-likeness (QED) is 0.203. The van der Waals surface area contributed by atoms with Crippen molar-refractivity contribution >= 4 is 51.3 Å². The molecule has 0 atom stereocenters. The zero-order chi connectivity index (χ0) is 24.9. The average molecular weight is 596 g/mol. The first-order valence-electron chi connectivity index (χ1n) is 10.4. The van der Waals surface area contributed by atoms with Gasteiger partial charge in [-0.05, 0) is 48.6 Å². The molecule has 2 N–H and O–H groups in total. The topological polar surface area (TPSA) is 73.3 Å². The fourth-order valence-electron chi connectivity index (χ4n) is 3.47. The van der Waals surface area contributed by atoms with Crippen LogP contribution in [0.3, 0.4) is 0 Å². The molecule has 0 amide bonds. The molecular formula is C24H21BrCl2N4O3S. The Kier molecular flexibility index (Phi) is 8.22. The molecule has 0 bridgehead atoms. The average Bonchev–Trinajstić information content (AvgIpc) is 3.22. The number of halogens is 3. The molecule has 182 valence electrons. The highest BCUT2D eigenvalue weighted by molar-refractivity contribution is 9.10. The minimum atomic E-state index is 0.230. The SMILES string of the molecule is COc1ccccc1-c1n[nH]c(=S)n1NCc1c(Br)ccc(OC)c1OCc1ccc(Cl)cc1Cl. The highest BCUT2D eigenvalue weighted by Gasteiger charge is 2.18. The lowest BCUT2D eigenvalue weighted by atomic mass is 10.1. The van der Waals surface area contributed by atoms with E-state index >= 15 is 0 Å². The maximum absolute atomic E-state index is 6.33. The van der Waals surface area contributed by atoms with Crippen molar-refractivity contribution in [3.8, 4) is 28.6 Å². The van der Waals surface area contributed by atoms with E-state index in [4.69, 9.17) is 49.6 Å². The molecular weight excluding hydrogens is 575 g/mol. The summed E-state index contributed by atoms with van der Waals surface area (Å²) in [5, 5.41) is 8.31. The Bertz CT molecular complexity index is 1410. The van der Waals surface area contributed by atoms with Gasteiger partial charge in [-0.3, -0.25) is 0 Å². The van der Waals surface area contributed by atoms with E-state index in [0.29, 0.717) is 44.4 Å². The van der Waals surface area contributed by atoms with E-state index in [1.165, 1.54) is 0 Å². The van der Waals surface area contributed by atoms with E-state index < -0.39 is 0 Å². The Morgan fingerprint density at radius 1 is 1.06 bits per heavy atom. The van der Waals surface area contributed by atoms with Gasteiger partial charge in [0.2, 0.25) is 4.77 Å². The minimum Gasteiger partial charge on any atom is -0.496 e. The van der Waals surface area contributed by atoms with Crippen molar-refractivity contribution in [1.82, 2.24) is 14.9 Å². The van der Waals surface area contributed by atoms with Crippen LogP contribution in [0, 0.1) is 4.77 Å². The van der Waals surface area contributed by atoms with E-state index in [0.717, 1.165) is 21.2 Å². The number of rotatable bonds is 9. The molecule has 4 aromatic rings. The van der Waals surface area contributed by atoms with Gasteiger partial charge in [0.05, 0.1) is 26.3 Å². The van der Waals surface area contributed by atoms with Crippen LogP contribution >= 0.6 is 51.3 Å². The first-order chi connectivity index (χ1) is 16.9. The van der Waals surface area contributed by atoms with Crippen LogP contribution in [0.2, 0.25) is 10.0 Å². The molecule has 35 heavy (non-hydrogen) atoms. The number of para-hydroxylation sites is 1. The smallest absolute Gasteiger partial charge is 0.214 e. The lowest BCUT2D eigenvalue weighted by molar-refractivity contribution is 0.281. The van der Waals surface area contributed by atoms with Gasteiger partial charge in [-0.1, -0.05) is 57.3 Å². The van der Waals surface area contributed by atoms with Gasteiger partial charge >= 0.3 is 0 Å². The number of aromatic nitrogens is 3.